The highest BCUT2D eigenvalue weighted by atomic mass is 16.4. The van der Waals surface area contributed by atoms with Crippen LogP contribution in [0.2, 0.25) is 0 Å². The minimum atomic E-state index is -1.73. The first-order valence-electron chi connectivity index (χ1n) is 39.2. The van der Waals surface area contributed by atoms with Crippen molar-refractivity contribution in [2.75, 3.05) is 52.4 Å². The lowest BCUT2D eigenvalue weighted by Crippen LogP contribution is -2.62. The lowest BCUT2D eigenvalue weighted by molar-refractivity contribution is -0.142. The van der Waals surface area contributed by atoms with Crippen molar-refractivity contribution in [1.82, 2.24) is 74.0 Å². The van der Waals surface area contributed by atoms with Gasteiger partial charge in [0.25, 0.3) is 0 Å². The monoisotopic (exact) mass is 1650 g/mol. The number of carbonyl (C=O) groups excluding carboxylic acids is 15. The fourth-order valence-corrected chi connectivity index (χ4v) is 11.9. The molecule has 44 nitrogen and oxygen atoms in total. The molecule has 2 rings (SSSR count). The Kier molecular flexibility index (Phi) is 46.5. The first kappa shape index (κ1) is 102. The van der Waals surface area contributed by atoms with Crippen molar-refractivity contribution < 1.29 is 86.9 Å². The number of carboxylic acids is 1. The van der Waals surface area contributed by atoms with Crippen LogP contribution < -0.4 is 121 Å². The summed E-state index contributed by atoms with van der Waals surface area (Å²) in [5.74, 6) is -16.8. The van der Waals surface area contributed by atoms with Crippen molar-refractivity contribution in [3.63, 3.8) is 0 Å². The SMILES string of the molecule is CCC(C)C(NC(=O)C(N)CCCN=C(N)N)C(=O)NC(CCC(N)=O)C(=O)NC(CCCN=C(N)N)C(=O)NCC(=O)N1CCCC1C(=O)NCC(=O)NC(CCCN=C(N)N)C(=O)NC(C)C(=O)NC(Cc1ccccc1)C(=O)NC(C(=O)NC(C(=O)NC(C(=O)NCC(=O)NC(CCCCN)C(=O)O)C(C)CC)C(C)O)C(C)C. The third-order valence-corrected chi connectivity index (χ3v) is 19.1. The van der Waals surface area contributed by atoms with Crippen molar-refractivity contribution in [2.24, 2.45) is 84.3 Å². The second-order valence-corrected chi connectivity index (χ2v) is 29.0. The average Bonchev–Trinajstić information content (AvgIpc) is 0.941. The van der Waals surface area contributed by atoms with Crippen LogP contribution in [0.5, 0.6) is 0 Å². The van der Waals surface area contributed by atoms with Crippen LogP contribution in [0.25, 0.3) is 0 Å². The fourth-order valence-electron chi connectivity index (χ4n) is 11.9. The zero-order valence-electron chi connectivity index (χ0n) is 68.0. The molecule has 1 heterocycles. The molecule has 1 fully saturated rings. The van der Waals surface area contributed by atoms with E-state index in [1.54, 1.807) is 71.9 Å². The Bertz CT molecular complexity index is 3580. The van der Waals surface area contributed by atoms with Crippen molar-refractivity contribution in [3.05, 3.63) is 35.9 Å². The number of amides is 15. The molecule has 1 aliphatic rings. The van der Waals surface area contributed by atoms with Crippen molar-refractivity contribution >= 4 is 112 Å². The Hall–Kier alpha value is -11.6. The second kappa shape index (κ2) is 53.6. The molecule has 656 valence electrons. The number of guanidine groups is 3. The average molecular weight is 1660 g/mol. The van der Waals surface area contributed by atoms with E-state index in [4.69, 9.17) is 51.6 Å². The van der Waals surface area contributed by atoms with Crippen molar-refractivity contribution in [1.29, 1.82) is 0 Å². The molecule has 0 saturated carbocycles. The highest BCUT2D eigenvalue weighted by molar-refractivity contribution is 6.00. The van der Waals surface area contributed by atoms with Crippen LogP contribution in [0.4, 0.5) is 0 Å². The molecule has 15 amide bonds. The van der Waals surface area contributed by atoms with E-state index in [-0.39, 0.29) is 102 Å². The summed E-state index contributed by atoms with van der Waals surface area (Å²) in [4.78, 5) is 231. The van der Waals surface area contributed by atoms with Gasteiger partial charge < -0.3 is 136 Å². The molecule has 15 atom stereocenters. The van der Waals surface area contributed by atoms with Gasteiger partial charge >= 0.3 is 5.97 Å². The lowest BCUT2D eigenvalue weighted by atomic mass is 9.96. The van der Waals surface area contributed by atoms with Crippen LogP contribution in [0.3, 0.4) is 0 Å². The van der Waals surface area contributed by atoms with E-state index >= 15 is 0 Å². The van der Waals surface area contributed by atoms with Crippen LogP contribution in [-0.4, -0.2) is 259 Å². The van der Waals surface area contributed by atoms with Gasteiger partial charge in [-0.1, -0.05) is 84.7 Å². The van der Waals surface area contributed by atoms with Crippen molar-refractivity contribution in [3.8, 4) is 0 Å². The summed E-state index contributed by atoms with van der Waals surface area (Å²) >= 11 is 0. The van der Waals surface area contributed by atoms with Gasteiger partial charge in [0.15, 0.2) is 17.9 Å². The van der Waals surface area contributed by atoms with E-state index in [2.05, 4.69) is 84.1 Å². The molecule has 0 aliphatic carbocycles. The zero-order chi connectivity index (χ0) is 88.2. The number of hydrogen-bond donors (Lipinski definition) is 24. The van der Waals surface area contributed by atoms with E-state index < -0.39 is 217 Å². The molecule has 33 N–H and O–H groups in total. The van der Waals surface area contributed by atoms with E-state index in [0.29, 0.717) is 50.6 Å². The number of aliphatic hydroxyl groups is 1. The topological polar surface area (TPSA) is 744 Å². The minimum Gasteiger partial charge on any atom is -0.480 e. The Morgan fingerprint density at radius 3 is 1.44 bits per heavy atom. The Morgan fingerprint density at radius 2 is 0.915 bits per heavy atom. The van der Waals surface area contributed by atoms with Gasteiger partial charge in [-0.25, -0.2) is 4.79 Å². The number of nitrogens with one attached hydrogen (secondary N) is 13. The normalized spacial score (nSPS) is 15.9. The lowest BCUT2D eigenvalue weighted by Gasteiger charge is -2.30. The number of hydrogen-bond acceptors (Lipinski definition) is 22. The predicted octanol–water partition coefficient (Wildman–Crippen LogP) is -8.47. The number of benzene rings is 1. The van der Waals surface area contributed by atoms with Gasteiger partial charge in [-0.3, -0.25) is 86.9 Å². The summed E-state index contributed by atoms with van der Waals surface area (Å²) in [5.41, 5.74) is 50.5. The molecule has 1 aromatic rings. The highest BCUT2D eigenvalue weighted by Crippen LogP contribution is 2.19. The smallest absolute Gasteiger partial charge is 0.326 e. The number of nitrogens with two attached hydrogens (primary N) is 9. The maximum Gasteiger partial charge on any atom is 0.326 e. The first-order chi connectivity index (χ1) is 55.2. The number of unbranched alkanes of at least 4 members (excludes halogenated alkanes) is 1. The van der Waals surface area contributed by atoms with E-state index in [1.165, 1.54) is 18.7 Å². The molecule has 0 radical (unpaired) electrons. The molecular weight excluding hydrogens is 1530 g/mol. The number of aliphatic imine (C=N–C) groups is 3. The fraction of sp³-hybridized carbons (Fsp3) is 0.658. The highest BCUT2D eigenvalue weighted by Gasteiger charge is 2.40. The maximum atomic E-state index is 14.5. The second-order valence-electron chi connectivity index (χ2n) is 29.0. The Labute approximate surface area is 680 Å². The van der Waals surface area contributed by atoms with Crippen LogP contribution in [0.1, 0.15) is 157 Å². The molecule has 1 saturated heterocycles. The minimum absolute atomic E-state index is 0.0128. The van der Waals surface area contributed by atoms with Crippen LogP contribution in [0, 0.1) is 17.8 Å². The van der Waals surface area contributed by atoms with E-state index in [9.17, 15) is 86.9 Å². The third kappa shape index (κ3) is 38.6. The van der Waals surface area contributed by atoms with Gasteiger partial charge in [-0.05, 0) is 121 Å². The van der Waals surface area contributed by atoms with E-state index in [0.717, 1.165) is 0 Å². The largest absolute Gasteiger partial charge is 0.480 e. The van der Waals surface area contributed by atoms with Gasteiger partial charge in [-0.2, -0.15) is 0 Å². The van der Waals surface area contributed by atoms with Gasteiger partial charge in [0.05, 0.1) is 31.8 Å². The predicted molar refractivity (Wildman–Crippen MR) is 431 cm³/mol. The summed E-state index contributed by atoms with van der Waals surface area (Å²) in [6.07, 6.45) is -0.0127. The molecule has 0 bridgehead atoms. The summed E-state index contributed by atoms with van der Waals surface area (Å²) in [7, 11) is 0. The van der Waals surface area contributed by atoms with E-state index in [1.807, 2.05) is 0 Å². The number of nitrogens with zero attached hydrogens (tertiary/aromatic N) is 4. The van der Waals surface area contributed by atoms with Gasteiger partial charge in [0.2, 0.25) is 88.6 Å². The summed E-state index contributed by atoms with van der Waals surface area (Å²) in [6, 6.07) is -8.15. The summed E-state index contributed by atoms with van der Waals surface area (Å²) in [6.45, 7) is 10.8. The molecule has 1 aliphatic heterocycles. The Balaban J connectivity index is 2.31. The molecule has 0 aromatic heterocycles. The molecular formula is C73H126N26O18. The third-order valence-electron chi connectivity index (χ3n) is 19.1. The zero-order valence-corrected chi connectivity index (χ0v) is 68.0. The number of carboxylic acid groups (broad SMARTS) is 1. The number of primary amides is 1. The number of likely N-dealkylation sites (tertiary alicyclic amines) is 1. The standard InChI is InChI=1S/C73H126N26O18/c1-9-39(5)56(66(112)87-36-53(103)91-48(70(116)117)23-14-15-29-74)97-69(115)58(42(8)100)98-67(113)55(38(3)4)95-64(110)49(34-43-20-12-11-13-21-43)94-59(105)41(7)89-62(108)46(25-18-32-85-73(81)82)90-52(102)35-86-65(111)50-26-19-33-99(50)54(104)37-88-61(107)45(24-17-31-84-72(79)80)92-63(109)47(27-28-51(76)101)93-68(114)57(40(6)10-2)96-60(106)44(75)22-16-30-83-71(77)78/h11-13,20-21,38-42,44-50,55-58,100H,9-10,14-19,22-37,74-75H2,1-8H3,(H2,76,101)(H,86,111)(H,87,112)(H,88,107)(H,89,108)(H,90,102)(H,91,103)(H,92,109)(H,93,114)(H,94,105)(H,95,110)(H,96,106)(H,97,115)(H,98,113)(H,116,117)(H4,77,78,83)(H4,79,80,84)(H4,81,82,85). The van der Waals surface area contributed by atoms with Crippen LogP contribution >= 0.6 is 0 Å². The number of rotatable bonds is 55. The number of aliphatic carboxylic acids is 1. The van der Waals surface area contributed by atoms with Crippen LogP contribution in [0.15, 0.2) is 45.3 Å². The molecule has 44 heteroatoms. The van der Waals surface area contributed by atoms with Crippen molar-refractivity contribution in [2.45, 2.75) is 237 Å². The molecule has 1 aromatic carbocycles. The molecule has 117 heavy (non-hydrogen) atoms. The van der Waals surface area contributed by atoms with Gasteiger partial charge in [0, 0.05) is 39.0 Å². The molecule has 0 spiro atoms. The van der Waals surface area contributed by atoms with Gasteiger partial charge in [-0.15, -0.1) is 0 Å². The maximum absolute atomic E-state index is 14.5. The quantitative estimate of drug-likeness (QED) is 0.0164. The summed E-state index contributed by atoms with van der Waals surface area (Å²) in [5, 5.41) is 53.2. The number of carbonyl (C=O) groups is 16. The molecule has 15 unspecified atom stereocenters. The Morgan fingerprint density at radius 1 is 0.470 bits per heavy atom. The number of aliphatic hydroxyl groups excluding tert-OH is 1. The summed E-state index contributed by atoms with van der Waals surface area (Å²) < 4.78 is 0. The van der Waals surface area contributed by atoms with Crippen LogP contribution in [-0.2, 0) is 83.1 Å². The van der Waals surface area contributed by atoms with Gasteiger partial charge in [0.1, 0.15) is 66.5 Å². The first-order valence-corrected chi connectivity index (χ1v) is 39.2.